The van der Waals surface area contributed by atoms with Crippen molar-refractivity contribution in [1.82, 2.24) is 3.97 Å². The molecular weight excluding hydrogens is 372 g/mol. The molecule has 7 heteroatoms. The number of aromatic nitrogens is 1. The van der Waals surface area contributed by atoms with Crippen LogP contribution in [-0.2, 0) is 10.0 Å². The van der Waals surface area contributed by atoms with Gasteiger partial charge in [-0.2, -0.15) is 0 Å². The number of nitrogens with zero attached hydrogens (tertiary/aromatic N) is 2. The summed E-state index contributed by atoms with van der Waals surface area (Å²) in [6.07, 6.45) is 1.88. The maximum absolute atomic E-state index is 13.2. The van der Waals surface area contributed by atoms with E-state index in [9.17, 15) is 8.42 Å². The highest BCUT2D eigenvalue weighted by Crippen LogP contribution is 2.27. The van der Waals surface area contributed by atoms with Crippen molar-refractivity contribution in [1.29, 1.82) is 0 Å². The summed E-state index contributed by atoms with van der Waals surface area (Å²) in [5.74, 6) is 0. The number of para-hydroxylation sites is 1. The minimum absolute atomic E-state index is 0.265. The van der Waals surface area contributed by atoms with Crippen LogP contribution in [0.5, 0.6) is 0 Å². The maximum Gasteiger partial charge on any atom is 0.270 e. The predicted octanol–water partition coefficient (Wildman–Crippen LogP) is 4.36. The van der Waals surface area contributed by atoms with E-state index in [4.69, 9.17) is 0 Å². The summed E-state index contributed by atoms with van der Waals surface area (Å²) >= 11 is 2.79. The van der Waals surface area contributed by atoms with Gasteiger partial charge in [0.05, 0.1) is 10.6 Å². The Kier molecular flexibility index (Phi) is 5.17. The Hall–Kier alpha value is -1.83. The molecule has 2 aromatic carbocycles. The highest BCUT2D eigenvalue weighted by atomic mass is 32.2. The topological polar surface area (TPSA) is 51.4 Å². The Labute approximate surface area is 155 Å². The van der Waals surface area contributed by atoms with Crippen molar-refractivity contribution in [2.75, 3.05) is 6.26 Å². The van der Waals surface area contributed by atoms with Crippen molar-refractivity contribution in [2.24, 2.45) is 4.99 Å². The second-order valence-electron chi connectivity index (χ2n) is 5.48. The molecule has 1 heterocycles. The lowest BCUT2D eigenvalue weighted by Crippen LogP contribution is -2.24. The van der Waals surface area contributed by atoms with E-state index in [0.29, 0.717) is 9.83 Å². The second kappa shape index (κ2) is 7.19. The normalized spacial score (nSPS) is 12.5. The van der Waals surface area contributed by atoms with Crippen LogP contribution in [0.4, 0.5) is 5.69 Å². The first kappa shape index (κ1) is 18.0. The van der Waals surface area contributed by atoms with Gasteiger partial charge in [-0.25, -0.2) is 17.4 Å². The number of benzene rings is 2. The van der Waals surface area contributed by atoms with Gasteiger partial charge in [0.15, 0.2) is 0 Å². The molecule has 0 fully saturated rings. The van der Waals surface area contributed by atoms with Gasteiger partial charge in [-0.05, 0) is 44.4 Å². The molecule has 0 radical (unpaired) electrons. The summed E-state index contributed by atoms with van der Waals surface area (Å²) in [6.45, 7) is 3.85. The first-order valence-electron chi connectivity index (χ1n) is 7.62. The molecule has 1 aromatic heterocycles. The van der Waals surface area contributed by atoms with Crippen LogP contribution in [0.15, 0.2) is 69.5 Å². The standard InChI is InChI=1S/C18H18N2O2S3/c1-13-9-11-16(12-10-13)25(21,22)20-17(23-3)14(2)24-18(20)19-15-7-5-4-6-8-15/h4-12H,1-3H3. The number of hydrogen-bond acceptors (Lipinski definition) is 5. The van der Waals surface area contributed by atoms with E-state index < -0.39 is 10.0 Å². The number of aryl methyl sites for hydroxylation is 2. The lowest BCUT2D eigenvalue weighted by Gasteiger charge is -2.09. The quantitative estimate of drug-likeness (QED) is 0.622. The van der Waals surface area contributed by atoms with Crippen LogP contribution in [-0.4, -0.2) is 18.6 Å². The van der Waals surface area contributed by atoms with Crippen LogP contribution in [0.3, 0.4) is 0 Å². The summed E-state index contributed by atoms with van der Waals surface area (Å²) in [5.41, 5.74) is 1.74. The third kappa shape index (κ3) is 3.58. The minimum Gasteiger partial charge on any atom is -0.220 e. The Morgan fingerprint density at radius 2 is 1.64 bits per heavy atom. The zero-order valence-corrected chi connectivity index (χ0v) is 16.6. The number of rotatable bonds is 4. The summed E-state index contributed by atoms with van der Waals surface area (Å²) in [5, 5.41) is 0.695. The van der Waals surface area contributed by atoms with Crippen LogP contribution in [0, 0.1) is 13.8 Å². The lowest BCUT2D eigenvalue weighted by atomic mass is 10.2. The molecular formula is C18H18N2O2S3. The monoisotopic (exact) mass is 390 g/mol. The van der Waals surface area contributed by atoms with Crippen LogP contribution < -0.4 is 4.80 Å². The molecule has 130 valence electrons. The molecule has 0 N–H and O–H groups in total. The van der Waals surface area contributed by atoms with Crippen molar-refractivity contribution in [3.05, 3.63) is 69.8 Å². The maximum atomic E-state index is 13.2. The molecule has 0 bridgehead atoms. The largest absolute Gasteiger partial charge is 0.270 e. The molecule has 0 spiro atoms. The zero-order chi connectivity index (χ0) is 18.0. The van der Waals surface area contributed by atoms with Crippen molar-refractivity contribution in [3.63, 3.8) is 0 Å². The smallest absolute Gasteiger partial charge is 0.220 e. The number of hydrogen-bond donors (Lipinski definition) is 0. The minimum atomic E-state index is -3.72. The van der Waals surface area contributed by atoms with Gasteiger partial charge in [0.25, 0.3) is 10.0 Å². The summed E-state index contributed by atoms with van der Waals surface area (Å²) in [6, 6.07) is 16.3. The number of thioether (sulfide) groups is 1. The summed E-state index contributed by atoms with van der Waals surface area (Å²) < 4.78 is 27.8. The van der Waals surface area contributed by atoms with Crippen LogP contribution in [0.1, 0.15) is 10.4 Å². The molecule has 0 aliphatic carbocycles. The van der Waals surface area contributed by atoms with E-state index in [2.05, 4.69) is 4.99 Å². The van der Waals surface area contributed by atoms with Gasteiger partial charge in [-0.15, -0.1) is 11.8 Å². The van der Waals surface area contributed by atoms with Crippen molar-refractivity contribution in [2.45, 2.75) is 23.8 Å². The Balaban J connectivity index is 2.28. The molecule has 25 heavy (non-hydrogen) atoms. The van der Waals surface area contributed by atoms with Crippen LogP contribution >= 0.6 is 23.1 Å². The van der Waals surface area contributed by atoms with E-state index in [1.54, 1.807) is 24.3 Å². The molecule has 0 aliphatic heterocycles. The molecule has 3 aromatic rings. The van der Waals surface area contributed by atoms with Gasteiger partial charge in [0.1, 0.15) is 5.03 Å². The molecule has 0 amide bonds. The van der Waals surface area contributed by atoms with Gasteiger partial charge in [-0.1, -0.05) is 47.2 Å². The zero-order valence-electron chi connectivity index (χ0n) is 14.1. The molecule has 0 unspecified atom stereocenters. The average molecular weight is 391 g/mol. The summed E-state index contributed by atoms with van der Waals surface area (Å²) in [7, 11) is -3.72. The van der Waals surface area contributed by atoms with Crippen LogP contribution in [0.25, 0.3) is 0 Å². The van der Waals surface area contributed by atoms with Gasteiger partial charge < -0.3 is 0 Å². The molecule has 0 saturated heterocycles. The average Bonchev–Trinajstić information content (AvgIpc) is 2.92. The predicted molar refractivity (Wildman–Crippen MR) is 104 cm³/mol. The third-order valence-corrected chi connectivity index (χ3v) is 7.53. The fourth-order valence-electron chi connectivity index (χ4n) is 2.39. The van der Waals surface area contributed by atoms with E-state index in [-0.39, 0.29) is 4.90 Å². The van der Waals surface area contributed by atoms with E-state index in [1.165, 1.54) is 27.1 Å². The third-order valence-electron chi connectivity index (χ3n) is 3.64. The molecule has 0 atom stereocenters. The van der Waals surface area contributed by atoms with E-state index in [0.717, 1.165) is 16.1 Å². The molecule has 3 rings (SSSR count). The highest BCUT2D eigenvalue weighted by molar-refractivity contribution is 7.99. The van der Waals surface area contributed by atoms with Gasteiger partial charge in [-0.3, -0.25) is 0 Å². The molecule has 0 saturated carbocycles. The second-order valence-corrected chi connectivity index (χ2v) is 9.24. The number of thiazole rings is 1. The lowest BCUT2D eigenvalue weighted by molar-refractivity contribution is 0.581. The fourth-order valence-corrected chi connectivity index (χ4v) is 6.41. The van der Waals surface area contributed by atoms with Gasteiger partial charge in [0, 0.05) is 4.88 Å². The van der Waals surface area contributed by atoms with Crippen molar-refractivity contribution in [3.8, 4) is 0 Å². The first-order valence-corrected chi connectivity index (χ1v) is 11.1. The SMILES string of the molecule is CSc1c(C)sc(=Nc2ccccc2)n1S(=O)(=O)c1ccc(C)cc1. The Bertz CT molecular complexity index is 1050. The molecule has 4 nitrogen and oxygen atoms in total. The van der Waals surface area contributed by atoms with Gasteiger partial charge >= 0.3 is 0 Å². The Morgan fingerprint density at radius 3 is 2.24 bits per heavy atom. The highest BCUT2D eigenvalue weighted by Gasteiger charge is 2.24. The molecule has 0 aliphatic rings. The van der Waals surface area contributed by atoms with Crippen LogP contribution in [0.2, 0.25) is 0 Å². The van der Waals surface area contributed by atoms with E-state index >= 15 is 0 Å². The fraction of sp³-hybridized carbons (Fsp3) is 0.167. The Morgan fingerprint density at radius 1 is 1.00 bits per heavy atom. The van der Waals surface area contributed by atoms with Crippen molar-refractivity contribution < 1.29 is 8.42 Å². The first-order chi connectivity index (χ1) is 11.9. The van der Waals surface area contributed by atoms with E-state index in [1.807, 2.05) is 50.4 Å². The summed E-state index contributed by atoms with van der Waals surface area (Å²) in [4.78, 5) is 6.21. The van der Waals surface area contributed by atoms with Crippen molar-refractivity contribution >= 4 is 38.8 Å². The van der Waals surface area contributed by atoms with Gasteiger partial charge in [0.2, 0.25) is 4.80 Å².